The SMILES string of the molecule is CCCc1cccc(C(NCC)c2cc(Br)ccc2C)c1. The van der Waals surface area contributed by atoms with Gasteiger partial charge in [-0.1, -0.05) is 66.5 Å². The topological polar surface area (TPSA) is 12.0 Å². The standard InChI is InChI=1S/C19H24BrN/c1-4-7-15-8-6-9-16(12-15)19(21-5-2)18-13-17(20)11-10-14(18)3/h6,8-13,19,21H,4-5,7H2,1-3H3. The zero-order chi connectivity index (χ0) is 15.2. The van der Waals surface area contributed by atoms with Crippen LogP contribution in [0.5, 0.6) is 0 Å². The van der Waals surface area contributed by atoms with E-state index in [0.29, 0.717) is 0 Å². The maximum Gasteiger partial charge on any atom is 0.0579 e. The molecule has 0 fully saturated rings. The van der Waals surface area contributed by atoms with Crippen molar-refractivity contribution >= 4 is 15.9 Å². The first kappa shape index (κ1) is 16.3. The van der Waals surface area contributed by atoms with E-state index >= 15 is 0 Å². The van der Waals surface area contributed by atoms with Crippen LogP contribution in [0.1, 0.15) is 48.6 Å². The first-order chi connectivity index (χ1) is 10.2. The summed E-state index contributed by atoms with van der Waals surface area (Å²) < 4.78 is 1.13. The highest BCUT2D eigenvalue weighted by Gasteiger charge is 2.15. The molecular weight excluding hydrogens is 322 g/mol. The van der Waals surface area contributed by atoms with E-state index in [1.54, 1.807) is 0 Å². The van der Waals surface area contributed by atoms with E-state index in [2.05, 4.69) is 84.5 Å². The van der Waals surface area contributed by atoms with Gasteiger partial charge in [0.2, 0.25) is 0 Å². The second-order valence-electron chi connectivity index (χ2n) is 5.49. The van der Waals surface area contributed by atoms with Crippen molar-refractivity contribution < 1.29 is 0 Å². The monoisotopic (exact) mass is 345 g/mol. The molecule has 0 radical (unpaired) electrons. The lowest BCUT2D eigenvalue weighted by Gasteiger charge is -2.22. The largest absolute Gasteiger partial charge is 0.307 e. The fourth-order valence-electron chi connectivity index (χ4n) is 2.75. The van der Waals surface area contributed by atoms with Crippen molar-refractivity contribution in [3.05, 3.63) is 69.2 Å². The Morgan fingerprint density at radius 1 is 1.10 bits per heavy atom. The molecule has 0 amide bonds. The van der Waals surface area contributed by atoms with Crippen molar-refractivity contribution in [2.75, 3.05) is 6.54 Å². The molecule has 1 nitrogen and oxygen atoms in total. The molecule has 112 valence electrons. The normalized spacial score (nSPS) is 12.4. The summed E-state index contributed by atoms with van der Waals surface area (Å²) in [4.78, 5) is 0. The van der Waals surface area contributed by atoms with E-state index in [1.165, 1.54) is 28.7 Å². The first-order valence-electron chi connectivity index (χ1n) is 7.74. The van der Waals surface area contributed by atoms with Gasteiger partial charge in [-0.15, -0.1) is 0 Å². The summed E-state index contributed by atoms with van der Waals surface area (Å²) in [5, 5.41) is 3.63. The zero-order valence-corrected chi connectivity index (χ0v) is 14.7. The minimum atomic E-state index is 0.254. The molecule has 0 spiro atoms. The third-order valence-corrected chi connectivity index (χ3v) is 4.28. The molecule has 21 heavy (non-hydrogen) atoms. The molecule has 0 aliphatic carbocycles. The van der Waals surface area contributed by atoms with Crippen LogP contribution in [0, 0.1) is 6.92 Å². The van der Waals surface area contributed by atoms with Gasteiger partial charge in [-0.3, -0.25) is 0 Å². The predicted octanol–water partition coefficient (Wildman–Crippen LogP) is 5.41. The van der Waals surface area contributed by atoms with Crippen LogP contribution in [0.15, 0.2) is 46.9 Å². The Morgan fingerprint density at radius 2 is 1.90 bits per heavy atom. The molecule has 2 aromatic carbocycles. The van der Waals surface area contributed by atoms with Crippen LogP contribution in [0.25, 0.3) is 0 Å². The summed E-state index contributed by atoms with van der Waals surface area (Å²) in [5.74, 6) is 0. The molecule has 1 atom stereocenters. The smallest absolute Gasteiger partial charge is 0.0579 e. The van der Waals surface area contributed by atoms with Crippen molar-refractivity contribution in [3.8, 4) is 0 Å². The fraction of sp³-hybridized carbons (Fsp3) is 0.368. The van der Waals surface area contributed by atoms with Crippen LogP contribution in [0.4, 0.5) is 0 Å². The van der Waals surface area contributed by atoms with Crippen molar-refractivity contribution in [2.45, 2.75) is 39.7 Å². The van der Waals surface area contributed by atoms with Crippen molar-refractivity contribution in [1.82, 2.24) is 5.32 Å². The number of aryl methyl sites for hydroxylation is 2. The van der Waals surface area contributed by atoms with Gasteiger partial charge < -0.3 is 5.32 Å². The molecule has 2 aromatic rings. The van der Waals surface area contributed by atoms with E-state index in [-0.39, 0.29) is 6.04 Å². The lowest BCUT2D eigenvalue weighted by Crippen LogP contribution is -2.23. The summed E-state index contributed by atoms with van der Waals surface area (Å²) in [7, 11) is 0. The molecule has 2 rings (SSSR count). The van der Waals surface area contributed by atoms with Gasteiger partial charge in [0.05, 0.1) is 6.04 Å². The zero-order valence-electron chi connectivity index (χ0n) is 13.1. The Labute approximate surface area is 136 Å². The highest BCUT2D eigenvalue weighted by Crippen LogP contribution is 2.28. The molecule has 2 heteroatoms. The van der Waals surface area contributed by atoms with Gasteiger partial charge in [0.1, 0.15) is 0 Å². The van der Waals surface area contributed by atoms with E-state index < -0.39 is 0 Å². The van der Waals surface area contributed by atoms with Gasteiger partial charge in [0, 0.05) is 4.47 Å². The number of hydrogen-bond acceptors (Lipinski definition) is 1. The average molecular weight is 346 g/mol. The van der Waals surface area contributed by atoms with E-state index in [0.717, 1.165) is 17.4 Å². The second-order valence-corrected chi connectivity index (χ2v) is 6.40. The van der Waals surface area contributed by atoms with Crippen LogP contribution in [-0.2, 0) is 6.42 Å². The maximum atomic E-state index is 3.63. The molecule has 0 saturated carbocycles. The predicted molar refractivity (Wildman–Crippen MR) is 94.8 cm³/mol. The van der Waals surface area contributed by atoms with Gasteiger partial charge >= 0.3 is 0 Å². The highest BCUT2D eigenvalue weighted by atomic mass is 79.9. The van der Waals surface area contributed by atoms with Gasteiger partial charge in [0.15, 0.2) is 0 Å². The number of rotatable bonds is 6. The summed E-state index contributed by atoms with van der Waals surface area (Å²) in [6, 6.07) is 15.7. The number of hydrogen-bond donors (Lipinski definition) is 1. The Kier molecular flexibility index (Phi) is 6.01. The van der Waals surface area contributed by atoms with Crippen LogP contribution in [0.2, 0.25) is 0 Å². The molecule has 0 saturated heterocycles. The molecule has 0 aliphatic rings. The lowest BCUT2D eigenvalue weighted by molar-refractivity contribution is 0.626. The molecule has 1 unspecified atom stereocenters. The summed E-state index contributed by atoms with van der Waals surface area (Å²) >= 11 is 3.60. The van der Waals surface area contributed by atoms with Crippen molar-refractivity contribution in [3.63, 3.8) is 0 Å². The molecule has 0 aliphatic heterocycles. The number of benzene rings is 2. The van der Waals surface area contributed by atoms with Gasteiger partial charge in [-0.05, 0) is 54.3 Å². The minimum Gasteiger partial charge on any atom is -0.307 e. The third kappa shape index (κ3) is 4.18. The van der Waals surface area contributed by atoms with E-state index in [1.807, 2.05) is 0 Å². The molecule has 0 bridgehead atoms. The Morgan fingerprint density at radius 3 is 2.62 bits per heavy atom. The molecule has 1 N–H and O–H groups in total. The van der Waals surface area contributed by atoms with Gasteiger partial charge in [-0.2, -0.15) is 0 Å². The Balaban J connectivity index is 2.42. The van der Waals surface area contributed by atoms with Gasteiger partial charge in [-0.25, -0.2) is 0 Å². The van der Waals surface area contributed by atoms with E-state index in [9.17, 15) is 0 Å². The summed E-state index contributed by atoms with van der Waals surface area (Å²) in [6.07, 6.45) is 2.33. The summed E-state index contributed by atoms with van der Waals surface area (Å²) in [5.41, 5.74) is 5.44. The minimum absolute atomic E-state index is 0.254. The van der Waals surface area contributed by atoms with E-state index in [4.69, 9.17) is 0 Å². The average Bonchev–Trinajstić information content (AvgIpc) is 2.48. The Hall–Kier alpha value is -1.12. The van der Waals surface area contributed by atoms with Gasteiger partial charge in [0.25, 0.3) is 0 Å². The van der Waals surface area contributed by atoms with Crippen LogP contribution >= 0.6 is 15.9 Å². The van der Waals surface area contributed by atoms with Crippen molar-refractivity contribution in [1.29, 1.82) is 0 Å². The van der Waals surface area contributed by atoms with Crippen LogP contribution in [-0.4, -0.2) is 6.54 Å². The molecule has 0 heterocycles. The van der Waals surface area contributed by atoms with Crippen LogP contribution in [0.3, 0.4) is 0 Å². The second kappa shape index (κ2) is 7.77. The van der Waals surface area contributed by atoms with Crippen molar-refractivity contribution in [2.24, 2.45) is 0 Å². The maximum absolute atomic E-state index is 3.63. The first-order valence-corrected chi connectivity index (χ1v) is 8.53. The van der Waals surface area contributed by atoms with Crippen LogP contribution < -0.4 is 5.32 Å². The highest BCUT2D eigenvalue weighted by molar-refractivity contribution is 9.10. The number of nitrogens with one attached hydrogen (secondary N) is 1. The fourth-order valence-corrected chi connectivity index (χ4v) is 3.13. The third-order valence-electron chi connectivity index (χ3n) is 3.78. The number of halogens is 1. The Bertz CT molecular complexity index is 592. The quantitative estimate of drug-likeness (QED) is 0.737. The molecule has 0 aromatic heterocycles. The molecular formula is C19H24BrN. The summed E-state index contributed by atoms with van der Waals surface area (Å²) in [6.45, 7) is 7.53. The lowest BCUT2D eigenvalue weighted by atomic mass is 9.93.